The molecule has 0 heterocycles. The summed E-state index contributed by atoms with van der Waals surface area (Å²) in [4.78, 5) is 21.6. The predicted molar refractivity (Wildman–Crippen MR) is 54.1 cm³/mol. The quantitative estimate of drug-likeness (QED) is 0.695. The number of carbonyl (C=O) groups is 2. The average molecular weight is 221 g/mol. The Balaban J connectivity index is 3.49. The molecule has 0 aliphatic rings. The number of alkyl carbamates (subject to hydrolysis) is 1. The standard InChI is InChI=1S/C8H15NO4S/c1-6(3-10)4-14-5-7(11)9-8(12)13-2/h6,10H,3-5H2,1-2H3,(H,9,11,12). The van der Waals surface area contributed by atoms with E-state index in [4.69, 9.17) is 5.11 Å². The van der Waals surface area contributed by atoms with Crippen molar-refractivity contribution in [1.29, 1.82) is 0 Å². The topological polar surface area (TPSA) is 75.6 Å². The van der Waals surface area contributed by atoms with Crippen LogP contribution in [0.5, 0.6) is 0 Å². The first kappa shape index (κ1) is 13.2. The number of amides is 2. The van der Waals surface area contributed by atoms with Crippen molar-refractivity contribution >= 4 is 23.8 Å². The highest BCUT2D eigenvalue weighted by Crippen LogP contribution is 2.06. The van der Waals surface area contributed by atoms with Crippen LogP contribution in [0.25, 0.3) is 0 Å². The monoisotopic (exact) mass is 221 g/mol. The summed E-state index contributed by atoms with van der Waals surface area (Å²) in [6, 6.07) is 0. The molecule has 2 amide bonds. The molecule has 0 aromatic carbocycles. The van der Waals surface area contributed by atoms with Crippen molar-refractivity contribution in [1.82, 2.24) is 5.32 Å². The van der Waals surface area contributed by atoms with Crippen LogP contribution < -0.4 is 5.32 Å². The molecule has 1 unspecified atom stereocenters. The Kier molecular flexibility index (Phi) is 7.23. The Morgan fingerprint density at radius 3 is 2.71 bits per heavy atom. The lowest BCUT2D eigenvalue weighted by Gasteiger charge is -2.06. The molecule has 0 saturated carbocycles. The average Bonchev–Trinajstić information content (AvgIpc) is 2.17. The number of nitrogens with one attached hydrogen (secondary N) is 1. The van der Waals surface area contributed by atoms with Gasteiger partial charge in [0.15, 0.2) is 0 Å². The maximum Gasteiger partial charge on any atom is 0.413 e. The Morgan fingerprint density at radius 1 is 1.57 bits per heavy atom. The SMILES string of the molecule is COC(=O)NC(=O)CSCC(C)CO. The first-order valence-corrected chi connectivity index (χ1v) is 5.32. The number of methoxy groups -OCH3 is 1. The van der Waals surface area contributed by atoms with E-state index < -0.39 is 6.09 Å². The zero-order valence-corrected chi connectivity index (χ0v) is 9.10. The minimum absolute atomic E-state index is 0.103. The minimum Gasteiger partial charge on any atom is -0.453 e. The Bertz CT molecular complexity index is 198. The van der Waals surface area contributed by atoms with Crippen molar-refractivity contribution in [2.75, 3.05) is 25.2 Å². The zero-order chi connectivity index (χ0) is 11.0. The van der Waals surface area contributed by atoms with Gasteiger partial charge < -0.3 is 9.84 Å². The van der Waals surface area contributed by atoms with E-state index in [0.717, 1.165) is 0 Å². The van der Waals surface area contributed by atoms with Crippen LogP contribution in [0.15, 0.2) is 0 Å². The number of ether oxygens (including phenoxy) is 1. The fourth-order valence-electron chi connectivity index (χ4n) is 0.606. The van der Waals surface area contributed by atoms with Crippen LogP contribution in [0.1, 0.15) is 6.92 Å². The molecule has 5 nitrogen and oxygen atoms in total. The second-order valence-electron chi connectivity index (χ2n) is 2.84. The van der Waals surface area contributed by atoms with Crippen LogP contribution in [-0.4, -0.2) is 42.3 Å². The molecule has 0 radical (unpaired) electrons. The highest BCUT2D eigenvalue weighted by molar-refractivity contribution is 7.99. The molecule has 82 valence electrons. The van der Waals surface area contributed by atoms with Gasteiger partial charge in [-0.15, -0.1) is 0 Å². The second-order valence-corrected chi connectivity index (χ2v) is 3.87. The van der Waals surface area contributed by atoms with Crippen molar-refractivity contribution < 1.29 is 19.4 Å². The predicted octanol–water partition coefficient (Wildman–Crippen LogP) is 0.231. The van der Waals surface area contributed by atoms with Crippen molar-refractivity contribution in [3.8, 4) is 0 Å². The molecule has 14 heavy (non-hydrogen) atoms. The number of aliphatic hydroxyl groups excluding tert-OH is 1. The van der Waals surface area contributed by atoms with Crippen molar-refractivity contribution in [2.45, 2.75) is 6.92 Å². The van der Waals surface area contributed by atoms with E-state index in [1.807, 2.05) is 12.2 Å². The fraction of sp³-hybridized carbons (Fsp3) is 0.750. The van der Waals surface area contributed by atoms with Gasteiger partial charge in [0.05, 0.1) is 12.9 Å². The largest absolute Gasteiger partial charge is 0.453 e. The lowest BCUT2D eigenvalue weighted by atomic mass is 10.2. The Hall–Kier alpha value is -0.750. The summed E-state index contributed by atoms with van der Waals surface area (Å²) in [5, 5.41) is 10.7. The van der Waals surface area contributed by atoms with Gasteiger partial charge in [-0.05, 0) is 11.7 Å². The van der Waals surface area contributed by atoms with Gasteiger partial charge in [-0.2, -0.15) is 11.8 Å². The maximum absolute atomic E-state index is 11.0. The molecule has 6 heteroatoms. The maximum atomic E-state index is 11.0. The van der Waals surface area contributed by atoms with E-state index in [1.165, 1.54) is 18.9 Å². The summed E-state index contributed by atoms with van der Waals surface area (Å²) in [5.41, 5.74) is 0. The lowest BCUT2D eigenvalue weighted by molar-refractivity contribution is -0.117. The summed E-state index contributed by atoms with van der Waals surface area (Å²) < 4.78 is 4.25. The van der Waals surface area contributed by atoms with Crippen LogP contribution >= 0.6 is 11.8 Å². The van der Waals surface area contributed by atoms with Crippen molar-refractivity contribution in [2.24, 2.45) is 5.92 Å². The van der Waals surface area contributed by atoms with Crippen LogP contribution in [0.3, 0.4) is 0 Å². The van der Waals surface area contributed by atoms with Crippen LogP contribution in [0.4, 0.5) is 4.79 Å². The molecule has 0 aliphatic heterocycles. The first-order valence-electron chi connectivity index (χ1n) is 4.16. The zero-order valence-electron chi connectivity index (χ0n) is 8.28. The number of carbonyl (C=O) groups excluding carboxylic acids is 2. The number of hydrogen-bond donors (Lipinski definition) is 2. The molecule has 0 rings (SSSR count). The van der Waals surface area contributed by atoms with Gasteiger partial charge in [-0.3, -0.25) is 10.1 Å². The highest BCUT2D eigenvalue weighted by atomic mass is 32.2. The van der Waals surface area contributed by atoms with Gasteiger partial charge in [-0.25, -0.2) is 4.79 Å². The van der Waals surface area contributed by atoms with E-state index in [0.29, 0.717) is 5.75 Å². The molecule has 0 aromatic heterocycles. The number of thioether (sulfide) groups is 1. The summed E-state index contributed by atoms with van der Waals surface area (Å²) in [6.45, 7) is 1.98. The van der Waals surface area contributed by atoms with Gasteiger partial charge in [0.2, 0.25) is 5.91 Å². The normalized spacial score (nSPS) is 11.9. The number of aliphatic hydroxyl groups is 1. The van der Waals surface area contributed by atoms with Gasteiger partial charge in [0.1, 0.15) is 0 Å². The van der Waals surface area contributed by atoms with E-state index in [1.54, 1.807) is 0 Å². The van der Waals surface area contributed by atoms with Crippen LogP contribution in [0.2, 0.25) is 0 Å². The summed E-state index contributed by atoms with van der Waals surface area (Å²) in [7, 11) is 1.20. The van der Waals surface area contributed by atoms with Crippen LogP contribution in [0, 0.1) is 5.92 Å². The van der Waals surface area contributed by atoms with Gasteiger partial charge >= 0.3 is 6.09 Å². The van der Waals surface area contributed by atoms with Gasteiger partial charge in [0.25, 0.3) is 0 Å². The molecule has 0 fully saturated rings. The smallest absolute Gasteiger partial charge is 0.413 e. The van der Waals surface area contributed by atoms with Gasteiger partial charge in [0, 0.05) is 6.61 Å². The molecule has 0 aliphatic carbocycles. The van der Waals surface area contributed by atoms with Crippen molar-refractivity contribution in [3.05, 3.63) is 0 Å². The molecule has 0 spiro atoms. The fourth-order valence-corrected chi connectivity index (χ4v) is 1.49. The van der Waals surface area contributed by atoms with Crippen LogP contribution in [-0.2, 0) is 9.53 Å². The molecular formula is C8H15NO4S. The third-order valence-electron chi connectivity index (χ3n) is 1.37. The minimum atomic E-state index is -0.745. The third kappa shape index (κ3) is 6.73. The van der Waals surface area contributed by atoms with E-state index in [2.05, 4.69) is 4.74 Å². The molecule has 0 aromatic rings. The number of imide groups is 1. The van der Waals surface area contributed by atoms with E-state index in [-0.39, 0.29) is 24.2 Å². The third-order valence-corrected chi connectivity index (χ3v) is 2.65. The molecular weight excluding hydrogens is 206 g/mol. The number of rotatable bonds is 5. The molecule has 0 bridgehead atoms. The second kappa shape index (κ2) is 7.64. The van der Waals surface area contributed by atoms with E-state index in [9.17, 15) is 9.59 Å². The number of hydrogen-bond acceptors (Lipinski definition) is 5. The van der Waals surface area contributed by atoms with Crippen molar-refractivity contribution in [3.63, 3.8) is 0 Å². The van der Waals surface area contributed by atoms with E-state index >= 15 is 0 Å². The Morgan fingerprint density at radius 2 is 2.21 bits per heavy atom. The summed E-state index contributed by atoms with van der Waals surface area (Å²) >= 11 is 1.37. The summed E-state index contributed by atoms with van der Waals surface area (Å²) in [6.07, 6.45) is -0.745. The van der Waals surface area contributed by atoms with Gasteiger partial charge in [-0.1, -0.05) is 6.92 Å². The molecule has 0 saturated heterocycles. The molecule has 2 N–H and O–H groups in total. The molecule has 1 atom stereocenters. The Labute approximate surface area is 87.2 Å². The highest BCUT2D eigenvalue weighted by Gasteiger charge is 2.08. The lowest BCUT2D eigenvalue weighted by Crippen LogP contribution is -2.31. The first-order chi connectivity index (χ1) is 6.60. The summed E-state index contributed by atoms with van der Waals surface area (Å²) in [5.74, 6) is 0.655.